The van der Waals surface area contributed by atoms with Gasteiger partial charge in [0.15, 0.2) is 6.61 Å². The van der Waals surface area contributed by atoms with Crippen molar-refractivity contribution >= 4 is 54.0 Å². The molecule has 3 aromatic rings. The largest absolute Gasteiger partial charge is 0.451 e. The number of amides is 1. The average molecular weight is 373 g/mol. The van der Waals surface area contributed by atoms with Crippen LogP contribution >= 0.6 is 22.7 Å². The zero-order valence-electron chi connectivity index (χ0n) is 12.0. The summed E-state index contributed by atoms with van der Waals surface area (Å²) in [4.78, 5) is 23.5. The molecule has 0 saturated carbocycles. The first-order valence-electron chi connectivity index (χ1n) is 6.75. The van der Waals surface area contributed by atoms with E-state index in [9.17, 15) is 22.8 Å². The predicted molar refractivity (Wildman–Crippen MR) is 86.6 cm³/mol. The van der Waals surface area contributed by atoms with Crippen LogP contribution in [0.2, 0.25) is 0 Å². The summed E-state index contributed by atoms with van der Waals surface area (Å²) in [6, 6.07) is 9.43. The molecule has 0 aliphatic carbocycles. The van der Waals surface area contributed by atoms with Gasteiger partial charge >= 0.3 is 12.1 Å². The number of hydrogen-bond donors (Lipinski definition) is 1. The van der Waals surface area contributed by atoms with Crippen molar-refractivity contribution in [2.75, 3.05) is 13.2 Å². The molecular weight excluding hydrogens is 363 g/mol. The molecule has 1 N–H and O–H groups in total. The van der Waals surface area contributed by atoms with E-state index >= 15 is 0 Å². The highest BCUT2D eigenvalue weighted by molar-refractivity contribution is 7.33. The Bertz CT molecular complexity index is 914. The first-order chi connectivity index (χ1) is 11.3. The number of nitrogens with one attached hydrogen (secondary N) is 1. The van der Waals surface area contributed by atoms with Crippen LogP contribution in [0.4, 0.5) is 13.2 Å². The van der Waals surface area contributed by atoms with Crippen molar-refractivity contribution in [1.82, 2.24) is 5.32 Å². The average Bonchev–Trinajstić information content (AvgIpc) is 3.07. The van der Waals surface area contributed by atoms with Gasteiger partial charge in [0.1, 0.15) is 11.4 Å². The lowest BCUT2D eigenvalue weighted by molar-refractivity contribution is -0.140. The first kappa shape index (κ1) is 16.7. The second-order valence-corrected chi connectivity index (χ2v) is 7.01. The van der Waals surface area contributed by atoms with E-state index in [2.05, 4.69) is 0 Å². The molecule has 0 aliphatic rings. The zero-order valence-corrected chi connectivity index (χ0v) is 13.6. The number of esters is 1. The van der Waals surface area contributed by atoms with Gasteiger partial charge in [-0.15, -0.1) is 22.7 Å². The topological polar surface area (TPSA) is 55.4 Å². The summed E-state index contributed by atoms with van der Waals surface area (Å²) in [6.07, 6.45) is -4.50. The highest BCUT2D eigenvalue weighted by atomic mass is 32.1. The van der Waals surface area contributed by atoms with Crippen LogP contribution in [0.25, 0.3) is 19.5 Å². The molecule has 1 aromatic carbocycles. The smallest absolute Gasteiger partial charge is 0.405 e. The minimum absolute atomic E-state index is 0.311. The van der Waals surface area contributed by atoms with Crippen molar-refractivity contribution in [3.63, 3.8) is 0 Å². The fourth-order valence-electron chi connectivity index (χ4n) is 2.05. The molecule has 0 atom stereocenters. The molecule has 0 fully saturated rings. The molecule has 0 aliphatic heterocycles. The van der Waals surface area contributed by atoms with E-state index in [1.165, 1.54) is 22.7 Å². The van der Waals surface area contributed by atoms with Crippen LogP contribution in [0, 0.1) is 0 Å². The van der Waals surface area contributed by atoms with Gasteiger partial charge in [0, 0.05) is 14.8 Å². The van der Waals surface area contributed by atoms with Gasteiger partial charge < -0.3 is 10.1 Å². The lowest BCUT2D eigenvalue weighted by atomic mass is 10.2. The molecular formula is C15H10F3NO3S2. The van der Waals surface area contributed by atoms with E-state index in [0.29, 0.717) is 4.88 Å². The Morgan fingerprint density at radius 2 is 1.88 bits per heavy atom. The van der Waals surface area contributed by atoms with Gasteiger partial charge in [-0.2, -0.15) is 13.2 Å². The Kier molecular flexibility index (Phi) is 4.46. The van der Waals surface area contributed by atoms with E-state index in [4.69, 9.17) is 4.74 Å². The van der Waals surface area contributed by atoms with Crippen LogP contribution < -0.4 is 5.32 Å². The van der Waals surface area contributed by atoms with Crippen molar-refractivity contribution in [3.8, 4) is 0 Å². The van der Waals surface area contributed by atoms with Crippen LogP contribution in [-0.2, 0) is 9.53 Å². The highest BCUT2D eigenvalue weighted by Crippen LogP contribution is 2.39. The molecule has 2 aromatic heterocycles. The number of rotatable bonds is 4. The molecule has 4 nitrogen and oxygen atoms in total. The lowest BCUT2D eigenvalue weighted by Crippen LogP contribution is -2.36. The zero-order chi connectivity index (χ0) is 17.3. The van der Waals surface area contributed by atoms with Gasteiger partial charge in [0.2, 0.25) is 0 Å². The van der Waals surface area contributed by atoms with E-state index in [1.54, 1.807) is 11.4 Å². The fraction of sp³-hybridized carbons (Fsp3) is 0.200. The molecule has 0 unspecified atom stereocenters. The Labute approximate surface area is 141 Å². The Morgan fingerprint density at radius 1 is 1.12 bits per heavy atom. The standard InChI is InChI=1S/C15H10F3NO3S2/c16-15(17,18)7-19-12(20)6-22-14(21)11-5-10-13(24-11)8-3-1-2-4-9(8)23-10/h1-5H,6-7H2,(H,19,20). The van der Waals surface area contributed by atoms with Crippen molar-refractivity contribution < 1.29 is 27.5 Å². The highest BCUT2D eigenvalue weighted by Gasteiger charge is 2.28. The number of fused-ring (bicyclic) bond motifs is 3. The number of ether oxygens (including phenoxy) is 1. The summed E-state index contributed by atoms with van der Waals surface area (Å²) in [6.45, 7) is -2.20. The van der Waals surface area contributed by atoms with Gasteiger partial charge in [0.25, 0.3) is 5.91 Å². The summed E-state index contributed by atoms with van der Waals surface area (Å²) in [7, 11) is 0. The number of hydrogen-bond acceptors (Lipinski definition) is 5. The van der Waals surface area contributed by atoms with Crippen molar-refractivity contribution in [1.29, 1.82) is 0 Å². The number of benzene rings is 1. The quantitative estimate of drug-likeness (QED) is 0.705. The third kappa shape index (κ3) is 3.68. The number of carbonyl (C=O) groups is 2. The Morgan fingerprint density at radius 3 is 2.62 bits per heavy atom. The van der Waals surface area contributed by atoms with Crippen LogP contribution in [0.5, 0.6) is 0 Å². The lowest BCUT2D eigenvalue weighted by Gasteiger charge is -2.08. The van der Waals surface area contributed by atoms with Crippen LogP contribution in [0.15, 0.2) is 30.3 Å². The minimum atomic E-state index is -4.50. The molecule has 24 heavy (non-hydrogen) atoms. The maximum absolute atomic E-state index is 12.0. The summed E-state index contributed by atoms with van der Waals surface area (Å²) in [5, 5.41) is 2.67. The first-order valence-corrected chi connectivity index (χ1v) is 8.38. The van der Waals surface area contributed by atoms with Crippen LogP contribution in [0.3, 0.4) is 0 Å². The maximum Gasteiger partial charge on any atom is 0.405 e. The molecule has 0 saturated heterocycles. The van der Waals surface area contributed by atoms with Crippen molar-refractivity contribution in [2.45, 2.75) is 6.18 Å². The number of halogens is 3. The van der Waals surface area contributed by atoms with Crippen LogP contribution in [-0.4, -0.2) is 31.2 Å². The van der Waals surface area contributed by atoms with E-state index in [0.717, 1.165) is 19.5 Å². The second kappa shape index (κ2) is 6.40. The Balaban J connectivity index is 1.65. The molecule has 126 valence electrons. The summed E-state index contributed by atoms with van der Waals surface area (Å²) in [5.74, 6) is -1.72. The Hall–Kier alpha value is -2.13. The van der Waals surface area contributed by atoms with Crippen molar-refractivity contribution in [2.24, 2.45) is 0 Å². The summed E-state index contributed by atoms with van der Waals surface area (Å²) in [5.41, 5.74) is 0. The van der Waals surface area contributed by atoms with Gasteiger partial charge in [0.05, 0.1) is 4.70 Å². The van der Waals surface area contributed by atoms with E-state index in [-0.39, 0.29) is 0 Å². The number of carbonyl (C=O) groups excluding carboxylic acids is 2. The van der Waals surface area contributed by atoms with E-state index in [1.807, 2.05) is 24.3 Å². The number of alkyl halides is 3. The summed E-state index contributed by atoms with van der Waals surface area (Å²) >= 11 is 2.77. The third-order valence-electron chi connectivity index (χ3n) is 3.07. The summed E-state index contributed by atoms with van der Waals surface area (Å²) < 4.78 is 43.7. The van der Waals surface area contributed by atoms with Crippen LogP contribution in [0.1, 0.15) is 9.67 Å². The van der Waals surface area contributed by atoms with Gasteiger partial charge in [-0.05, 0) is 12.1 Å². The molecule has 3 rings (SSSR count). The fourth-order valence-corrected chi connectivity index (χ4v) is 4.47. The van der Waals surface area contributed by atoms with Gasteiger partial charge in [-0.3, -0.25) is 4.79 Å². The molecule has 9 heteroatoms. The van der Waals surface area contributed by atoms with Crippen molar-refractivity contribution in [3.05, 3.63) is 35.2 Å². The predicted octanol–water partition coefficient (Wildman–Crippen LogP) is 3.95. The monoisotopic (exact) mass is 373 g/mol. The SMILES string of the molecule is O=C(COC(=O)c1cc2sc3ccccc3c2s1)NCC(F)(F)F. The maximum atomic E-state index is 12.0. The number of thiophene rings is 2. The molecule has 2 heterocycles. The second-order valence-electron chi connectivity index (χ2n) is 4.87. The molecule has 1 amide bonds. The van der Waals surface area contributed by atoms with Gasteiger partial charge in [-0.1, -0.05) is 18.2 Å². The third-order valence-corrected chi connectivity index (χ3v) is 5.47. The van der Waals surface area contributed by atoms with E-state index < -0.39 is 31.2 Å². The minimum Gasteiger partial charge on any atom is -0.451 e. The molecule has 0 spiro atoms. The molecule has 0 bridgehead atoms. The molecule has 0 radical (unpaired) electrons. The van der Waals surface area contributed by atoms with Gasteiger partial charge in [-0.25, -0.2) is 4.79 Å². The normalized spacial score (nSPS) is 11.8.